The van der Waals surface area contributed by atoms with Crippen LogP contribution in [0.4, 0.5) is 0 Å². The number of nitrogens with zero attached hydrogens (tertiary/aromatic N) is 1. The third-order valence-corrected chi connectivity index (χ3v) is 1.96. The van der Waals surface area contributed by atoms with Crippen molar-refractivity contribution < 1.29 is 4.74 Å². The second-order valence-electron chi connectivity index (χ2n) is 3.99. The van der Waals surface area contributed by atoms with Gasteiger partial charge in [-0.25, -0.2) is 0 Å². The predicted octanol–water partition coefficient (Wildman–Crippen LogP) is 2.23. The molecule has 1 N–H and O–H groups in total. The third-order valence-electron chi connectivity index (χ3n) is 1.96. The minimum absolute atomic E-state index is 0.674. The van der Waals surface area contributed by atoms with Gasteiger partial charge in [0.15, 0.2) is 0 Å². The van der Waals surface area contributed by atoms with Crippen LogP contribution in [0.3, 0.4) is 0 Å². The molecular weight excluding hydrogens is 188 g/mol. The molecule has 0 unspecified atom stereocenters. The topological polar surface area (TPSA) is 34.1 Å². The average molecular weight is 208 g/mol. The van der Waals surface area contributed by atoms with E-state index in [2.05, 4.69) is 24.1 Å². The summed E-state index contributed by atoms with van der Waals surface area (Å²) >= 11 is 0. The molecule has 1 rings (SSSR count). The lowest BCUT2D eigenvalue weighted by molar-refractivity contribution is 0.338. The molecule has 0 amide bonds. The van der Waals surface area contributed by atoms with Gasteiger partial charge in [-0.15, -0.1) is 0 Å². The van der Waals surface area contributed by atoms with E-state index in [0.717, 1.165) is 18.8 Å². The van der Waals surface area contributed by atoms with Gasteiger partial charge >= 0.3 is 0 Å². The fourth-order valence-corrected chi connectivity index (χ4v) is 1.31. The minimum Gasteiger partial charge on any atom is -0.492 e. The average Bonchev–Trinajstić information content (AvgIpc) is 2.18. The Bertz CT molecular complexity index is 287. The van der Waals surface area contributed by atoms with Crippen molar-refractivity contribution in [1.29, 1.82) is 0 Å². The van der Waals surface area contributed by atoms with E-state index in [-0.39, 0.29) is 0 Å². The van der Waals surface area contributed by atoms with Crippen molar-refractivity contribution in [1.82, 2.24) is 10.3 Å². The molecule has 0 spiro atoms. The van der Waals surface area contributed by atoms with E-state index < -0.39 is 0 Å². The minimum atomic E-state index is 0.674. The lowest BCUT2D eigenvalue weighted by Gasteiger charge is -2.08. The molecule has 3 nitrogen and oxygen atoms in total. The standard InChI is InChI=1S/C12H20N2O/c1-4-15-12-5-11(8-14-9-12)7-13-6-10(2)3/h5,8-10,13H,4,6-7H2,1-3H3. The first-order valence-electron chi connectivity index (χ1n) is 5.49. The summed E-state index contributed by atoms with van der Waals surface area (Å²) in [5.74, 6) is 1.52. The van der Waals surface area contributed by atoms with Crippen LogP contribution in [-0.2, 0) is 6.54 Å². The Balaban J connectivity index is 2.43. The molecule has 3 heteroatoms. The monoisotopic (exact) mass is 208 g/mol. The van der Waals surface area contributed by atoms with Gasteiger partial charge in [0.05, 0.1) is 12.8 Å². The molecule has 1 aromatic heterocycles. The Kier molecular flexibility index (Phi) is 5.12. The number of hydrogen-bond acceptors (Lipinski definition) is 3. The van der Waals surface area contributed by atoms with Gasteiger partial charge in [0.2, 0.25) is 0 Å². The van der Waals surface area contributed by atoms with Crippen molar-refractivity contribution in [3.05, 3.63) is 24.0 Å². The summed E-state index contributed by atoms with van der Waals surface area (Å²) in [6.45, 7) is 8.93. The van der Waals surface area contributed by atoms with Crippen molar-refractivity contribution in [3.8, 4) is 5.75 Å². The second kappa shape index (κ2) is 6.40. The zero-order valence-corrected chi connectivity index (χ0v) is 9.79. The van der Waals surface area contributed by atoms with E-state index >= 15 is 0 Å². The van der Waals surface area contributed by atoms with E-state index in [1.807, 2.05) is 19.2 Å². The van der Waals surface area contributed by atoms with Gasteiger partial charge in [0.25, 0.3) is 0 Å². The Morgan fingerprint density at radius 1 is 1.40 bits per heavy atom. The molecule has 1 aromatic rings. The van der Waals surface area contributed by atoms with Crippen LogP contribution in [0.2, 0.25) is 0 Å². The van der Waals surface area contributed by atoms with Crippen LogP contribution >= 0.6 is 0 Å². The maximum absolute atomic E-state index is 5.38. The number of hydrogen-bond donors (Lipinski definition) is 1. The van der Waals surface area contributed by atoms with Gasteiger partial charge in [-0.1, -0.05) is 13.8 Å². The highest BCUT2D eigenvalue weighted by Gasteiger charge is 1.98. The highest BCUT2D eigenvalue weighted by Crippen LogP contribution is 2.10. The Labute approximate surface area is 91.9 Å². The van der Waals surface area contributed by atoms with E-state index in [9.17, 15) is 0 Å². The SMILES string of the molecule is CCOc1cncc(CNCC(C)C)c1. The number of rotatable bonds is 6. The number of nitrogens with one attached hydrogen (secondary N) is 1. The molecule has 0 aromatic carbocycles. The van der Waals surface area contributed by atoms with Crippen LogP contribution < -0.4 is 10.1 Å². The first-order valence-corrected chi connectivity index (χ1v) is 5.49. The van der Waals surface area contributed by atoms with E-state index in [4.69, 9.17) is 4.74 Å². The van der Waals surface area contributed by atoms with Crippen molar-refractivity contribution in [3.63, 3.8) is 0 Å². The van der Waals surface area contributed by atoms with Crippen LogP contribution in [-0.4, -0.2) is 18.1 Å². The number of pyridine rings is 1. The maximum atomic E-state index is 5.38. The summed E-state index contributed by atoms with van der Waals surface area (Å²) in [5, 5.41) is 3.37. The van der Waals surface area contributed by atoms with Gasteiger partial charge < -0.3 is 10.1 Å². The Morgan fingerprint density at radius 2 is 2.20 bits per heavy atom. The summed E-state index contributed by atoms with van der Waals surface area (Å²) in [5.41, 5.74) is 1.17. The molecule has 0 bridgehead atoms. The van der Waals surface area contributed by atoms with Crippen molar-refractivity contribution in [2.75, 3.05) is 13.2 Å². The van der Waals surface area contributed by atoms with Crippen LogP contribution in [0.1, 0.15) is 26.3 Å². The Hall–Kier alpha value is -1.09. The fourth-order valence-electron chi connectivity index (χ4n) is 1.31. The molecule has 84 valence electrons. The molecule has 0 aliphatic carbocycles. The quantitative estimate of drug-likeness (QED) is 0.778. The summed E-state index contributed by atoms with van der Waals surface area (Å²) in [4.78, 5) is 4.14. The van der Waals surface area contributed by atoms with Crippen LogP contribution in [0.25, 0.3) is 0 Å². The smallest absolute Gasteiger partial charge is 0.137 e. The van der Waals surface area contributed by atoms with Crippen molar-refractivity contribution in [2.45, 2.75) is 27.3 Å². The summed E-state index contributed by atoms with van der Waals surface area (Å²) in [6, 6.07) is 2.03. The Morgan fingerprint density at radius 3 is 2.87 bits per heavy atom. The molecular formula is C12H20N2O. The number of ether oxygens (including phenoxy) is 1. The van der Waals surface area contributed by atoms with Gasteiger partial charge in [-0.3, -0.25) is 4.98 Å². The van der Waals surface area contributed by atoms with Crippen LogP contribution in [0.5, 0.6) is 5.75 Å². The first kappa shape index (κ1) is 12.0. The van der Waals surface area contributed by atoms with E-state index in [1.165, 1.54) is 5.56 Å². The number of aromatic nitrogens is 1. The van der Waals surface area contributed by atoms with Crippen molar-refractivity contribution in [2.24, 2.45) is 5.92 Å². The molecule has 0 atom stereocenters. The highest BCUT2D eigenvalue weighted by atomic mass is 16.5. The second-order valence-corrected chi connectivity index (χ2v) is 3.99. The van der Waals surface area contributed by atoms with E-state index in [1.54, 1.807) is 6.20 Å². The molecule has 0 saturated carbocycles. The zero-order valence-electron chi connectivity index (χ0n) is 9.79. The largest absolute Gasteiger partial charge is 0.492 e. The molecule has 0 saturated heterocycles. The van der Waals surface area contributed by atoms with Crippen LogP contribution in [0, 0.1) is 5.92 Å². The molecule has 1 heterocycles. The van der Waals surface area contributed by atoms with Gasteiger partial charge in [-0.2, -0.15) is 0 Å². The summed E-state index contributed by atoms with van der Waals surface area (Å²) in [6.07, 6.45) is 3.62. The first-order chi connectivity index (χ1) is 7.22. The lowest BCUT2D eigenvalue weighted by Crippen LogP contribution is -2.19. The predicted molar refractivity (Wildman–Crippen MR) is 62.0 cm³/mol. The van der Waals surface area contributed by atoms with Crippen molar-refractivity contribution >= 4 is 0 Å². The fraction of sp³-hybridized carbons (Fsp3) is 0.583. The molecule has 0 aliphatic heterocycles. The maximum Gasteiger partial charge on any atom is 0.137 e. The molecule has 0 aliphatic rings. The zero-order chi connectivity index (χ0) is 11.1. The van der Waals surface area contributed by atoms with Gasteiger partial charge in [0, 0.05) is 12.7 Å². The van der Waals surface area contributed by atoms with Crippen LogP contribution in [0.15, 0.2) is 18.5 Å². The lowest BCUT2D eigenvalue weighted by atomic mass is 10.2. The normalized spacial score (nSPS) is 10.7. The van der Waals surface area contributed by atoms with E-state index in [0.29, 0.717) is 12.5 Å². The molecule has 15 heavy (non-hydrogen) atoms. The third kappa shape index (κ3) is 4.79. The highest BCUT2D eigenvalue weighted by molar-refractivity contribution is 5.23. The summed E-state index contributed by atoms with van der Waals surface area (Å²) < 4.78 is 5.38. The summed E-state index contributed by atoms with van der Waals surface area (Å²) in [7, 11) is 0. The van der Waals surface area contributed by atoms with Gasteiger partial charge in [-0.05, 0) is 31.0 Å². The molecule has 0 radical (unpaired) electrons. The molecule has 0 fully saturated rings. The van der Waals surface area contributed by atoms with Gasteiger partial charge in [0.1, 0.15) is 5.75 Å².